The normalized spacial score (nSPS) is 12.2. The van der Waals surface area contributed by atoms with Crippen molar-refractivity contribution in [3.8, 4) is 0 Å². The third-order valence-corrected chi connectivity index (χ3v) is 4.74. The molecule has 0 unspecified atom stereocenters. The van der Waals surface area contributed by atoms with Crippen LogP contribution in [0.5, 0.6) is 0 Å². The number of para-hydroxylation sites is 1. The number of nitrogens with one attached hydrogen (secondary N) is 3. The zero-order valence-electron chi connectivity index (χ0n) is 15.2. The molecule has 27 heavy (non-hydrogen) atoms. The first kappa shape index (κ1) is 21.2. The number of aryl methyl sites for hydroxylation is 2. The Morgan fingerprint density at radius 1 is 1.15 bits per heavy atom. The van der Waals surface area contributed by atoms with Crippen LogP contribution in [0.3, 0.4) is 0 Å². The van der Waals surface area contributed by atoms with E-state index in [9.17, 15) is 4.79 Å². The van der Waals surface area contributed by atoms with Gasteiger partial charge in [-0.15, -0.1) is 24.8 Å². The summed E-state index contributed by atoms with van der Waals surface area (Å²) in [5.41, 5.74) is 7.01. The molecule has 0 fully saturated rings. The Labute approximate surface area is 171 Å². The molecule has 7 heteroatoms. The van der Waals surface area contributed by atoms with Crippen LogP contribution in [0.15, 0.2) is 36.4 Å². The molecule has 0 spiro atoms. The number of hydrogen-bond donors (Lipinski definition) is 3. The topological polar surface area (TPSA) is 69.8 Å². The summed E-state index contributed by atoms with van der Waals surface area (Å²) in [4.78, 5) is 20.0. The molecule has 0 bridgehead atoms. The summed E-state index contributed by atoms with van der Waals surface area (Å²) in [6.07, 6.45) is 1.05. The monoisotopic (exact) mass is 406 g/mol. The largest absolute Gasteiger partial charge is 0.352 e. The van der Waals surface area contributed by atoms with E-state index < -0.39 is 0 Å². The second kappa shape index (κ2) is 9.22. The summed E-state index contributed by atoms with van der Waals surface area (Å²) in [7, 11) is 0. The van der Waals surface area contributed by atoms with Gasteiger partial charge in [-0.2, -0.15) is 0 Å². The van der Waals surface area contributed by atoms with Crippen LogP contribution in [0, 0.1) is 6.92 Å². The van der Waals surface area contributed by atoms with Gasteiger partial charge in [0, 0.05) is 32.5 Å². The third kappa shape index (κ3) is 4.80. The van der Waals surface area contributed by atoms with Crippen molar-refractivity contribution in [3.63, 3.8) is 0 Å². The Balaban J connectivity index is 0.00000131. The number of carbonyl (C=O) groups excluding carboxylic acids is 1. The third-order valence-electron chi connectivity index (χ3n) is 4.74. The van der Waals surface area contributed by atoms with Crippen molar-refractivity contribution in [2.24, 2.45) is 0 Å². The molecular formula is C20H24Cl2N4O. The van der Waals surface area contributed by atoms with Crippen LogP contribution in [0.25, 0.3) is 11.0 Å². The standard InChI is InChI=1S/C20H22N4O.2ClH/c1-13-3-2-4-17-20(13)24-18(23-17)7-8-19(25)22-10-14-5-6-15-11-21-12-16(15)9-14;;/h2-6,9,21H,7-8,10-12H2,1H3,(H,22,25)(H,23,24);2*1H. The van der Waals surface area contributed by atoms with Crippen molar-refractivity contribution in [3.05, 3.63) is 64.5 Å². The maximum absolute atomic E-state index is 12.1. The highest BCUT2D eigenvalue weighted by Crippen LogP contribution is 2.17. The molecule has 2 aromatic carbocycles. The first-order valence-corrected chi connectivity index (χ1v) is 8.71. The van der Waals surface area contributed by atoms with Gasteiger partial charge in [0.15, 0.2) is 0 Å². The number of fused-ring (bicyclic) bond motifs is 2. The van der Waals surface area contributed by atoms with Crippen LogP contribution in [0.1, 0.15) is 34.5 Å². The number of hydrogen-bond acceptors (Lipinski definition) is 3. The van der Waals surface area contributed by atoms with Crippen molar-refractivity contribution >= 4 is 41.8 Å². The number of aromatic nitrogens is 2. The Hall–Kier alpha value is -2.08. The average Bonchev–Trinajstić information content (AvgIpc) is 3.24. The molecule has 1 aliphatic heterocycles. The molecule has 1 aliphatic rings. The minimum Gasteiger partial charge on any atom is -0.352 e. The molecule has 0 atom stereocenters. The molecule has 3 N–H and O–H groups in total. The van der Waals surface area contributed by atoms with Crippen molar-refractivity contribution in [2.45, 2.75) is 39.4 Å². The zero-order valence-corrected chi connectivity index (χ0v) is 16.8. The van der Waals surface area contributed by atoms with Crippen molar-refractivity contribution in [1.29, 1.82) is 0 Å². The smallest absolute Gasteiger partial charge is 0.220 e. The van der Waals surface area contributed by atoms with Gasteiger partial charge in [0.2, 0.25) is 5.91 Å². The maximum Gasteiger partial charge on any atom is 0.220 e. The van der Waals surface area contributed by atoms with Gasteiger partial charge >= 0.3 is 0 Å². The number of aromatic amines is 1. The van der Waals surface area contributed by atoms with E-state index in [4.69, 9.17) is 0 Å². The molecule has 2 heterocycles. The number of nitrogens with zero attached hydrogens (tertiary/aromatic N) is 1. The van der Waals surface area contributed by atoms with Gasteiger partial charge in [-0.25, -0.2) is 4.98 Å². The predicted octanol–water partition coefficient (Wildman–Crippen LogP) is 3.57. The molecule has 5 nitrogen and oxygen atoms in total. The van der Waals surface area contributed by atoms with Gasteiger partial charge in [-0.3, -0.25) is 4.79 Å². The summed E-state index contributed by atoms with van der Waals surface area (Å²) in [6, 6.07) is 12.5. The SMILES string of the molecule is Cc1cccc2[nH]c(CCC(=O)NCc3ccc4c(c3)CNC4)nc12.Cl.Cl. The number of halogens is 2. The number of carbonyl (C=O) groups is 1. The van der Waals surface area contributed by atoms with E-state index in [1.165, 1.54) is 11.1 Å². The summed E-state index contributed by atoms with van der Waals surface area (Å²) >= 11 is 0. The minimum absolute atomic E-state index is 0. The van der Waals surface area contributed by atoms with Gasteiger partial charge in [0.1, 0.15) is 5.82 Å². The van der Waals surface area contributed by atoms with Crippen molar-refractivity contribution in [2.75, 3.05) is 0 Å². The highest BCUT2D eigenvalue weighted by Gasteiger charge is 2.11. The molecule has 1 amide bonds. The van der Waals surface area contributed by atoms with Crippen LogP contribution in [0.2, 0.25) is 0 Å². The van der Waals surface area contributed by atoms with Crippen LogP contribution < -0.4 is 10.6 Å². The number of amides is 1. The number of imidazole rings is 1. The molecular weight excluding hydrogens is 383 g/mol. The average molecular weight is 407 g/mol. The lowest BCUT2D eigenvalue weighted by molar-refractivity contribution is -0.121. The molecule has 0 saturated carbocycles. The molecule has 0 aliphatic carbocycles. The van der Waals surface area contributed by atoms with Gasteiger partial charge in [0.05, 0.1) is 11.0 Å². The predicted molar refractivity (Wildman–Crippen MR) is 112 cm³/mol. The minimum atomic E-state index is 0. The lowest BCUT2D eigenvalue weighted by Gasteiger charge is -2.06. The second-order valence-corrected chi connectivity index (χ2v) is 6.64. The highest BCUT2D eigenvalue weighted by molar-refractivity contribution is 5.85. The first-order valence-electron chi connectivity index (χ1n) is 8.71. The highest BCUT2D eigenvalue weighted by atomic mass is 35.5. The zero-order chi connectivity index (χ0) is 17.2. The van der Waals surface area contributed by atoms with Crippen LogP contribution >= 0.6 is 24.8 Å². The van der Waals surface area contributed by atoms with Gasteiger partial charge < -0.3 is 15.6 Å². The van der Waals surface area contributed by atoms with Crippen LogP contribution in [0.4, 0.5) is 0 Å². The Morgan fingerprint density at radius 2 is 1.96 bits per heavy atom. The molecule has 3 aromatic rings. The van der Waals surface area contributed by atoms with Gasteiger partial charge in [-0.05, 0) is 35.2 Å². The molecule has 0 radical (unpaired) electrons. The fourth-order valence-electron chi connectivity index (χ4n) is 3.32. The number of rotatable bonds is 5. The summed E-state index contributed by atoms with van der Waals surface area (Å²) in [5, 5.41) is 6.34. The van der Waals surface area contributed by atoms with Gasteiger partial charge in [-0.1, -0.05) is 30.3 Å². The molecule has 0 saturated heterocycles. The van der Waals surface area contributed by atoms with E-state index in [1.54, 1.807) is 0 Å². The van der Waals surface area contributed by atoms with E-state index in [2.05, 4.69) is 38.8 Å². The summed E-state index contributed by atoms with van der Waals surface area (Å²) in [6.45, 7) is 4.48. The van der Waals surface area contributed by atoms with E-state index in [1.807, 2.05) is 25.1 Å². The maximum atomic E-state index is 12.1. The van der Waals surface area contributed by atoms with Crippen molar-refractivity contribution < 1.29 is 4.79 Å². The molecule has 1 aromatic heterocycles. The fourth-order valence-corrected chi connectivity index (χ4v) is 3.32. The second-order valence-electron chi connectivity index (χ2n) is 6.64. The Kier molecular flexibility index (Phi) is 7.25. The van der Waals surface area contributed by atoms with Crippen molar-refractivity contribution in [1.82, 2.24) is 20.6 Å². The summed E-state index contributed by atoms with van der Waals surface area (Å²) in [5.74, 6) is 0.916. The van der Waals surface area contributed by atoms with E-state index in [0.29, 0.717) is 19.4 Å². The Morgan fingerprint density at radius 3 is 2.78 bits per heavy atom. The number of H-pyrrole nitrogens is 1. The van der Waals surface area contributed by atoms with Crippen LogP contribution in [-0.2, 0) is 30.8 Å². The lowest BCUT2D eigenvalue weighted by atomic mass is 10.1. The molecule has 144 valence electrons. The Bertz CT molecular complexity index is 939. The van der Waals surface area contributed by atoms with Crippen LogP contribution in [-0.4, -0.2) is 15.9 Å². The quantitative estimate of drug-likeness (QED) is 0.606. The number of benzene rings is 2. The first-order chi connectivity index (χ1) is 12.2. The molecule has 4 rings (SSSR count). The fraction of sp³-hybridized carbons (Fsp3) is 0.300. The van der Waals surface area contributed by atoms with E-state index in [-0.39, 0.29) is 30.7 Å². The summed E-state index contributed by atoms with van der Waals surface area (Å²) < 4.78 is 0. The van der Waals surface area contributed by atoms with Gasteiger partial charge in [0.25, 0.3) is 0 Å². The lowest BCUT2D eigenvalue weighted by Crippen LogP contribution is -2.23. The van der Waals surface area contributed by atoms with E-state index >= 15 is 0 Å². The van der Waals surface area contributed by atoms with E-state index in [0.717, 1.165) is 41.1 Å².